The molecule has 0 aliphatic rings. The number of imidazole rings is 1. The Bertz CT molecular complexity index is 546. The molecule has 16 heavy (non-hydrogen) atoms. The average molecular weight is 256 g/mol. The van der Waals surface area contributed by atoms with Crippen molar-refractivity contribution in [3.05, 3.63) is 33.9 Å². The van der Waals surface area contributed by atoms with Crippen molar-refractivity contribution in [3.63, 3.8) is 0 Å². The van der Waals surface area contributed by atoms with E-state index < -0.39 is 0 Å². The van der Waals surface area contributed by atoms with E-state index in [1.807, 2.05) is 24.6 Å². The monoisotopic (exact) mass is 255 g/mol. The Balaban J connectivity index is 2.67. The molecule has 0 spiro atoms. The van der Waals surface area contributed by atoms with Crippen LogP contribution in [0.2, 0.25) is 10.0 Å². The van der Waals surface area contributed by atoms with Crippen LogP contribution < -0.4 is 5.73 Å². The van der Waals surface area contributed by atoms with Crippen LogP contribution in [0.4, 0.5) is 5.95 Å². The first kappa shape index (κ1) is 11.3. The van der Waals surface area contributed by atoms with Crippen LogP contribution in [0.15, 0.2) is 18.2 Å². The number of rotatable bonds is 1. The van der Waals surface area contributed by atoms with Crippen LogP contribution in [0, 0.1) is 6.92 Å². The number of aromatic nitrogens is 2. The van der Waals surface area contributed by atoms with Gasteiger partial charge in [0.05, 0.1) is 16.4 Å². The number of nitrogens with two attached hydrogens (primary N) is 1. The summed E-state index contributed by atoms with van der Waals surface area (Å²) in [5.41, 5.74) is 8.39. The Kier molecular flexibility index (Phi) is 2.82. The number of hydrogen-bond acceptors (Lipinski definition) is 2. The van der Waals surface area contributed by atoms with Gasteiger partial charge in [-0.05, 0) is 25.1 Å². The minimum absolute atomic E-state index is 0.471. The van der Waals surface area contributed by atoms with Gasteiger partial charge in [-0.25, -0.2) is 4.98 Å². The lowest BCUT2D eigenvalue weighted by Gasteiger charge is -2.07. The lowest BCUT2D eigenvalue weighted by atomic mass is 10.1. The molecule has 0 radical (unpaired) electrons. The van der Waals surface area contributed by atoms with E-state index in [4.69, 9.17) is 28.9 Å². The van der Waals surface area contributed by atoms with Crippen molar-refractivity contribution in [2.24, 2.45) is 7.05 Å². The summed E-state index contributed by atoms with van der Waals surface area (Å²) in [6, 6.07) is 5.38. The van der Waals surface area contributed by atoms with Crippen LogP contribution in [0.5, 0.6) is 0 Å². The van der Waals surface area contributed by atoms with Gasteiger partial charge in [0.25, 0.3) is 0 Å². The fraction of sp³-hybridized carbons (Fsp3) is 0.182. The molecule has 0 aliphatic heterocycles. The standard InChI is InChI=1S/C11H11Cl2N3/c1-6-10(16(2)11(14)15-6)8-4-3-7(12)5-9(8)13/h3-5H,1-2H3,(H2,14,15). The van der Waals surface area contributed by atoms with Gasteiger partial charge in [-0.1, -0.05) is 23.2 Å². The maximum absolute atomic E-state index is 6.15. The van der Waals surface area contributed by atoms with E-state index in [0.717, 1.165) is 17.0 Å². The number of nitrogens with zero attached hydrogens (tertiary/aromatic N) is 2. The van der Waals surface area contributed by atoms with E-state index in [1.165, 1.54) is 0 Å². The third-order valence-corrected chi connectivity index (χ3v) is 3.04. The van der Waals surface area contributed by atoms with Crippen LogP contribution in [0.1, 0.15) is 5.69 Å². The van der Waals surface area contributed by atoms with Crippen LogP contribution in [0.25, 0.3) is 11.3 Å². The Labute approximate surface area is 104 Å². The highest BCUT2D eigenvalue weighted by Gasteiger charge is 2.14. The molecule has 2 rings (SSSR count). The Morgan fingerprint density at radius 2 is 2.00 bits per heavy atom. The first-order chi connectivity index (χ1) is 7.50. The number of hydrogen-bond donors (Lipinski definition) is 1. The summed E-state index contributed by atoms with van der Waals surface area (Å²) in [6.07, 6.45) is 0. The maximum Gasteiger partial charge on any atom is 0.200 e. The lowest BCUT2D eigenvalue weighted by Crippen LogP contribution is -1.98. The molecule has 5 heteroatoms. The van der Waals surface area contributed by atoms with E-state index in [0.29, 0.717) is 16.0 Å². The van der Waals surface area contributed by atoms with Crippen LogP contribution in [0.3, 0.4) is 0 Å². The van der Waals surface area contributed by atoms with Gasteiger partial charge in [-0.15, -0.1) is 0 Å². The highest BCUT2D eigenvalue weighted by Crippen LogP contribution is 2.32. The molecule has 1 aromatic carbocycles. The predicted octanol–water partition coefficient (Wildman–Crippen LogP) is 3.28. The normalized spacial score (nSPS) is 10.8. The first-order valence-corrected chi connectivity index (χ1v) is 5.50. The third kappa shape index (κ3) is 1.77. The predicted molar refractivity (Wildman–Crippen MR) is 67.8 cm³/mol. The zero-order chi connectivity index (χ0) is 11.9. The molecule has 1 heterocycles. The number of halogens is 2. The van der Waals surface area contributed by atoms with Crippen molar-refractivity contribution in [1.29, 1.82) is 0 Å². The van der Waals surface area contributed by atoms with Crippen LogP contribution >= 0.6 is 23.2 Å². The van der Waals surface area contributed by atoms with Crippen LogP contribution in [-0.2, 0) is 7.05 Å². The summed E-state index contributed by atoms with van der Waals surface area (Å²) in [4.78, 5) is 4.20. The summed E-state index contributed by atoms with van der Waals surface area (Å²) in [6.45, 7) is 1.90. The van der Waals surface area contributed by atoms with E-state index in [1.54, 1.807) is 12.1 Å². The van der Waals surface area contributed by atoms with Crippen molar-refractivity contribution >= 4 is 29.2 Å². The zero-order valence-electron chi connectivity index (χ0n) is 8.96. The molecule has 0 fully saturated rings. The van der Waals surface area contributed by atoms with Crippen molar-refractivity contribution < 1.29 is 0 Å². The molecule has 0 bridgehead atoms. The Morgan fingerprint density at radius 3 is 2.50 bits per heavy atom. The van der Waals surface area contributed by atoms with Crippen molar-refractivity contribution in [1.82, 2.24) is 9.55 Å². The molecule has 84 valence electrons. The highest BCUT2D eigenvalue weighted by molar-refractivity contribution is 6.36. The molecule has 0 atom stereocenters. The number of aryl methyl sites for hydroxylation is 1. The molecule has 1 aromatic heterocycles. The number of benzene rings is 1. The minimum Gasteiger partial charge on any atom is -0.369 e. The second-order valence-corrected chi connectivity index (χ2v) is 4.43. The Morgan fingerprint density at radius 1 is 1.31 bits per heavy atom. The average Bonchev–Trinajstić information content (AvgIpc) is 2.43. The van der Waals surface area contributed by atoms with Crippen LogP contribution in [-0.4, -0.2) is 9.55 Å². The minimum atomic E-state index is 0.471. The summed E-state index contributed by atoms with van der Waals surface area (Å²) >= 11 is 12.0. The molecular weight excluding hydrogens is 245 g/mol. The molecule has 0 amide bonds. The van der Waals surface area contributed by atoms with Gasteiger partial charge in [0.2, 0.25) is 5.95 Å². The number of anilines is 1. The molecule has 0 unspecified atom stereocenters. The lowest BCUT2D eigenvalue weighted by molar-refractivity contribution is 0.938. The molecule has 2 N–H and O–H groups in total. The molecule has 0 saturated heterocycles. The van der Waals surface area contributed by atoms with E-state index >= 15 is 0 Å². The smallest absolute Gasteiger partial charge is 0.200 e. The van der Waals surface area contributed by atoms with Gasteiger partial charge in [0, 0.05) is 17.6 Å². The highest BCUT2D eigenvalue weighted by atomic mass is 35.5. The first-order valence-electron chi connectivity index (χ1n) is 4.75. The summed E-state index contributed by atoms with van der Waals surface area (Å²) in [7, 11) is 1.86. The SMILES string of the molecule is Cc1nc(N)n(C)c1-c1ccc(Cl)cc1Cl. The van der Waals surface area contributed by atoms with Gasteiger partial charge >= 0.3 is 0 Å². The molecule has 2 aromatic rings. The van der Waals surface area contributed by atoms with Crippen molar-refractivity contribution in [3.8, 4) is 11.3 Å². The molecule has 0 saturated carbocycles. The van der Waals surface area contributed by atoms with Gasteiger partial charge in [-0.3, -0.25) is 0 Å². The fourth-order valence-corrected chi connectivity index (χ4v) is 2.21. The summed E-state index contributed by atoms with van der Waals surface area (Å²) in [5.74, 6) is 0.471. The third-order valence-electron chi connectivity index (χ3n) is 2.49. The van der Waals surface area contributed by atoms with E-state index in [2.05, 4.69) is 4.98 Å². The largest absolute Gasteiger partial charge is 0.369 e. The second kappa shape index (κ2) is 4.00. The van der Waals surface area contributed by atoms with Crippen molar-refractivity contribution in [2.75, 3.05) is 5.73 Å². The fourth-order valence-electron chi connectivity index (χ4n) is 1.71. The van der Waals surface area contributed by atoms with Gasteiger partial charge in [0.1, 0.15) is 0 Å². The second-order valence-electron chi connectivity index (χ2n) is 3.59. The topological polar surface area (TPSA) is 43.8 Å². The van der Waals surface area contributed by atoms with Gasteiger partial charge < -0.3 is 10.3 Å². The molecule has 3 nitrogen and oxygen atoms in total. The molecular formula is C11H11Cl2N3. The van der Waals surface area contributed by atoms with Gasteiger partial charge in [0.15, 0.2) is 0 Å². The van der Waals surface area contributed by atoms with E-state index in [-0.39, 0.29) is 0 Å². The number of nitrogen functional groups attached to an aromatic ring is 1. The quantitative estimate of drug-likeness (QED) is 0.850. The van der Waals surface area contributed by atoms with E-state index in [9.17, 15) is 0 Å². The van der Waals surface area contributed by atoms with Crippen molar-refractivity contribution in [2.45, 2.75) is 6.92 Å². The summed E-state index contributed by atoms with van der Waals surface area (Å²) < 4.78 is 1.81. The zero-order valence-corrected chi connectivity index (χ0v) is 10.5. The summed E-state index contributed by atoms with van der Waals surface area (Å²) in [5, 5.41) is 1.21. The van der Waals surface area contributed by atoms with Gasteiger partial charge in [-0.2, -0.15) is 0 Å². The molecule has 0 aliphatic carbocycles. The Hall–Kier alpha value is -1.19. The maximum atomic E-state index is 6.15.